The fourth-order valence-corrected chi connectivity index (χ4v) is 1.69. The van der Waals surface area contributed by atoms with Crippen LogP contribution in [0.4, 0.5) is 0 Å². The van der Waals surface area contributed by atoms with Crippen molar-refractivity contribution in [3.63, 3.8) is 0 Å². The van der Waals surface area contributed by atoms with Gasteiger partial charge in [0.15, 0.2) is 0 Å². The summed E-state index contributed by atoms with van der Waals surface area (Å²) in [6.45, 7) is 5.71. The van der Waals surface area contributed by atoms with Gasteiger partial charge in [-0.15, -0.1) is 0 Å². The Labute approximate surface area is 96.6 Å². The molecule has 1 aromatic carbocycles. The van der Waals surface area contributed by atoms with Crippen LogP contribution in [0.3, 0.4) is 0 Å². The van der Waals surface area contributed by atoms with Crippen molar-refractivity contribution in [2.24, 2.45) is 0 Å². The quantitative estimate of drug-likeness (QED) is 0.835. The number of methoxy groups -OCH3 is 1. The first kappa shape index (κ1) is 12.5. The van der Waals surface area contributed by atoms with E-state index in [4.69, 9.17) is 16.3 Å². The average Bonchev–Trinajstić information content (AvgIpc) is 2.22. The molecule has 0 aliphatic rings. The zero-order valence-electron chi connectivity index (χ0n) is 9.51. The van der Waals surface area contributed by atoms with Crippen LogP contribution in [-0.4, -0.2) is 20.3 Å². The Balaban J connectivity index is 2.85. The lowest BCUT2D eigenvalue weighted by atomic mass is 10.1. The summed E-state index contributed by atoms with van der Waals surface area (Å²) in [7, 11) is 1.72. The molecule has 0 saturated heterocycles. The number of likely N-dealkylation sites (N-methyl/N-ethyl adjacent to an activating group) is 1. The van der Waals surface area contributed by atoms with Gasteiger partial charge in [0.1, 0.15) is 0 Å². The third-order valence-corrected chi connectivity index (χ3v) is 2.79. The molecule has 0 aromatic heterocycles. The fraction of sp³-hybridized carbons (Fsp3) is 0.500. The topological polar surface area (TPSA) is 21.3 Å². The summed E-state index contributed by atoms with van der Waals surface area (Å²) in [4.78, 5) is 0. The first-order chi connectivity index (χ1) is 7.19. The summed E-state index contributed by atoms with van der Waals surface area (Å²) >= 11 is 5.99. The Bertz CT molecular complexity index is 308. The van der Waals surface area contributed by atoms with Crippen LogP contribution < -0.4 is 5.32 Å². The minimum atomic E-state index is 0.246. The summed E-state index contributed by atoms with van der Waals surface area (Å²) < 4.78 is 5.19. The van der Waals surface area contributed by atoms with Gasteiger partial charge >= 0.3 is 0 Å². The molecule has 84 valence electrons. The molecule has 1 N–H and O–H groups in total. The second kappa shape index (κ2) is 6.11. The van der Waals surface area contributed by atoms with Crippen LogP contribution in [0.2, 0.25) is 5.02 Å². The summed E-state index contributed by atoms with van der Waals surface area (Å²) in [5, 5.41) is 4.19. The first-order valence-electron chi connectivity index (χ1n) is 5.17. The van der Waals surface area contributed by atoms with Crippen LogP contribution in [0.25, 0.3) is 0 Å². The number of rotatable bonds is 5. The molecule has 0 amide bonds. The molecule has 0 fully saturated rings. The Kier molecular flexibility index (Phi) is 5.09. The summed E-state index contributed by atoms with van der Waals surface area (Å²) in [6, 6.07) is 6.33. The molecule has 0 radical (unpaired) electrons. The number of hydrogen-bond donors (Lipinski definition) is 1. The smallest absolute Gasteiger partial charge is 0.0657 e. The maximum atomic E-state index is 5.99. The molecule has 0 aliphatic carbocycles. The van der Waals surface area contributed by atoms with Gasteiger partial charge in [0.25, 0.3) is 0 Å². The normalized spacial score (nSPS) is 12.8. The predicted octanol–water partition coefficient (Wildman–Crippen LogP) is 2.95. The molecule has 1 unspecified atom stereocenters. The SMILES string of the molecule is CCNC(COC)c1ccc(Cl)c(C)c1. The number of aryl methyl sites for hydroxylation is 1. The van der Waals surface area contributed by atoms with Gasteiger partial charge in [0.2, 0.25) is 0 Å². The van der Waals surface area contributed by atoms with E-state index in [0.29, 0.717) is 6.61 Å². The highest BCUT2D eigenvalue weighted by atomic mass is 35.5. The van der Waals surface area contributed by atoms with E-state index in [9.17, 15) is 0 Å². The molecule has 1 aromatic rings. The van der Waals surface area contributed by atoms with E-state index in [1.165, 1.54) is 5.56 Å². The molecule has 1 rings (SSSR count). The molecule has 0 spiro atoms. The third-order valence-electron chi connectivity index (χ3n) is 2.37. The molecule has 0 bridgehead atoms. The van der Waals surface area contributed by atoms with Crippen molar-refractivity contribution in [3.8, 4) is 0 Å². The highest BCUT2D eigenvalue weighted by Crippen LogP contribution is 2.21. The van der Waals surface area contributed by atoms with Crippen molar-refractivity contribution in [1.82, 2.24) is 5.32 Å². The number of nitrogens with one attached hydrogen (secondary N) is 1. The average molecular weight is 228 g/mol. The number of hydrogen-bond acceptors (Lipinski definition) is 2. The first-order valence-corrected chi connectivity index (χ1v) is 5.55. The Morgan fingerprint density at radius 2 is 2.20 bits per heavy atom. The van der Waals surface area contributed by atoms with Gasteiger partial charge in [-0.3, -0.25) is 0 Å². The number of benzene rings is 1. The molecule has 1 atom stereocenters. The lowest BCUT2D eigenvalue weighted by molar-refractivity contribution is 0.168. The van der Waals surface area contributed by atoms with Crippen LogP contribution >= 0.6 is 11.6 Å². The lowest BCUT2D eigenvalue weighted by Crippen LogP contribution is -2.24. The van der Waals surface area contributed by atoms with Crippen molar-refractivity contribution >= 4 is 11.6 Å². The fourth-order valence-electron chi connectivity index (χ4n) is 1.57. The predicted molar refractivity (Wildman–Crippen MR) is 64.5 cm³/mol. The zero-order valence-corrected chi connectivity index (χ0v) is 10.3. The maximum absolute atomic E-state index is 5.99. The largest absolute Gasteiger partial charge is 0.383 e. The van der Waals surface area contributed by atoms with Gasteiger partial charge in [-0.1, -0.05) is 30.7 Å². The van der Waals surface area contributed by atoms with E-state index in [-0.39, 0.29) is 6.04 Å². The van der Waals surface area contributed by atoms with Gasteiger partial charge in [0, 0.05) is 12.1 Å². The van der Waals surface area contributed by atoms with E-state index in [1.807, 2.05) is 19.1 Å². The van der Waals surface area contributed by atoms with Crippen molar-refractivity contribution in [1.29, 1.82) is 0 Å². The van der Waals surface area contributed by atoms with E-state index in [0.717, 1.165) is 17.1 Å². The highest BCUT2D eigenvalue weighted by molar-refractivity contribution is 6.31. The molecular formula is C12H18ClNO. The summed E-state index contributed by atoms with van der Waals surface area (Å²) in [5.74, 6) is 0. The molecule has 2 nitrogen and oxygen atoms in total. The molecule has 0 saturated carbocycles. The van der Waals surface area contributed by atoms with Gasteiger partial charge in [0.05, 0.1) is 12.6 Å². The van der Waals surface area contributed by atoms with Gasteiger partial charge in [-0.05, 0) is 30.7 Å². The molecule has 15 heavy (non-hydrogen) atoms. The Hall–Kier alpha value is -0.570. The minimum absolute atomic E-state index is 0.246. The highest BCUT2D eigenvalue weighted by Gasteiger charge is 2.10. The molecule has 0 aliphatic heterocycles. The van der Waals surface area contributed by atoms with Crippen LogP contribution in [0.15, 0.2) is 18.2 Å². The summed E-state index contributed by atoms with van der Waals surface area (Å²) in [5.41, 5.74) is 2.33. The maximum Gasteiger partial charge on any atom is 0.0657 e. The summed E-state index contributed by atoms with van der Waals surface area (Å²) in [6.07, 6.45) is 0. The standard InChI is InChI=1S/C12H18ClNO/c1-4-14-12(8-15-3)10-5-6-11(13)9(2)7-10/h5-7,12,14H,4,8H2,1-3H3. The lowest BCUT2D eigenvalue weighted by Gasteiger charge is -2.18. The van der Waals surface area contributed by atoms with Crippen LogP contribution in [0.1, 0.15) is 24.1 Å². The second-order valence-corrected chi connectivity index (χ2v) is 3.98. The molecule has 3 heteroatoms. The third kappa shape index (κ3) is 3.49. The number of halogens is 1. The van der Waals surface area contributed by atoms with Crippen LogP contribution in [0, 0.1) is 6.92 Å². The zero-order chi connectivity index (χ0) is 11.3. The van der Waals surface area contributed by atoms with E-state index >= 15 is 0 Å². The van der Waals surface area contributed by atoms with Crippen molar-refractivity contribution < 1.29 is 4.74 Å². The van der Waals surface area contributed by atoms with Crippen molar-refractivity contribution in [2.75, 3.05) is 20.3 Å². The number of ether oxygens (including phenoxy) is 1. The van der Waals surface area contributed by atoms with Gasteiger partial charge in [-0.2, -0.15) is 0 Å². The van der Waals surface area contributed by atoms with E-state index in [1.54, 1.807) is 7.11 Å². The van der Waals surface area contributed by atoms with Crippen molar-refractivity contribution in [3.05, 3.63) is 34.3 Å². The van der Waals surface area contributed by atoms with Crippen LogP contribution in [0.5, 0.6) is 0 Å². The minimum Gasteiger partial charge on any atom is -0.383 e. The second-order valence-electron chi connectivity index (χ2n) is 3.57. The Morgan fingerprint density at radius 1 is 1.47 bits per heavy atom. The molecular weight excluding hydrogens is 210 g/mol. The van der Waals surface area contributed by atoms with Gasteiger partial charge in [-0.25, -0.2) is 0 Å². The van der Waals surface area contributed by atoms with E-state index in [2.05, 4.69) is 18.3 Å². The monoisotopic (exact) mass is 227 g/mol. The van der Waals surface area contributed by atoms with E-state index < -0.39 is 0 Å². The Morgan fingerprint density at radius 3 is 2.73 bits per heavy atom. The molecule has 0 heterocycles. The van der Waals surface area contributed by atoms with Crippen molar-refractivity contribution in [2.45, 2.75) is 19.9 Å². The van der Waals surface area contributed by atoms with Crippen LogP contribution in [-0.2, 0) is 4.74 Å². The van der Waals surface area contributed by atoms with Gasteiger partial charge < -0.3 is 10.1 Å².